The van der Waals surface area contributed by atoms with Crippen LogP contribution in [-0.4, -0.2) is 37.2 Å². The zero-order valence-electron chi connectivity index (χ0n) is 15.0. The van der Waals surface area contributed by atoms with Gasteiger partial charge in [-0.15, -0.1) is 24.0 Å². The highest BCUT2D eigenvalue weighted by molar-refractivity contribution is 14.0. The van der Waals surface area contributed by atoms with Gasteiger partial charge in [0.1, 0.15) is 10.9 Å². The van der Waals surface area contributed by atoms with Crippen molar-refractivity contribution in [2.75, 3.05) is 26.2 Å². The van der Waals surface area contributed by atoms with E-state index in [2.05, 4.69) is 27.5 Å². The lowest BCUT2D eigenvalue weighted by molar-refractivity contribution is 0.313. The van der Waals surface area contributed by atoms with Gasteiger partial charge in [-0.25, -0.2) is 4.98 Å². The predicted octanol–water partition coefficient (Wildman–Crippen LogP) is 3.92. The molecule has 142 valence electrons. The van der Waals surface area contributed by atoms with Gasteiger partial charge in [0.25, 0.3) is 0 Å². The minimum atomic E-state index is 0. The molecule has 7 heteroatoms. The van der Waals surface area contributed by atoms with Gasteiger partial charge in [0, 0.05) is 32.3 Å². The molecule has 0 radical (unpaired) electrons. The lowest BCUT2D eigenvalue weighted by atomic mass is 10.2. The van der Waals surface area contributed by atoms with Crippen LogP contribution in [0.15, 0.2) is 53.7 Å². The topological polar surface area (TPSA) is 58.5 Å². The fourth-order valence-corrected chi connectivity index (χ4v) is 2.30. The Morgan fingerprint density at radius 3 is 2.65 bits per heavy atom. The molecule has 0 atom stereocenters. The summed E-state index contributed by atoms with van der Waals surface area (Å²) in [6.45, 7) is 5.04. The number of aliphatic imine (C=N–C) groups is 1. The van der Waals surface area contributed by atoms with Crippen LogP contribution in [-0.2, 0) is 6.42 Å². The molecule has 0 aliphatic carbocycles. The Morgan fingerprint density at radius 1 is 1.15 bits per heavy atom. The molecule has 0 fully saturated rings. The number of pyridine rings is 1. The van der Waals surface area contributed by atoms with Gasteiger partial charge in [-0.2, -0.15) is 0 Å². The number of aromatic nitrogens is 1. The van der Waals surface area contributed by atoms with Gasteiger partial charge in [0.2, 0.25) is 0 Å². The minimum Gasteiger partial charge on any atom is -0.494 e. The minimum absolute atomic E-state index is 0. The molecule has 0 spiro atoms. The van der Waals surface area contributed by atoms with E-state index in [0.717, 1.165) is 43.2 Å². The lowest BCUT2D eigenvalue weighted by Crippen LogP contribution is -2.38. The average Bonchev–Trinajstić information content (AvgIpc) is 2.64. The summed E-state index contributed by atoms with van der Waals surface area (Å²) >= 11 is 5.79. The molecule has 1 heterocycles. The number of guanidine groups is 1. The second-order valence-electron chi connectivity index (χ2n) is 5.44. The summed E-state index contributed by atoms with van der Waals surface area (Å²) in [5.41, 5.74) is 1.14. The second kappa shape index (κ2) is 13.6. The standard InChI is InChI=1S/C19H25ClN4O.HI/c1-2-21-19(23-13-11-16-9-10-18(20)24-15-16)22-12-6-14-25-17-7-4-3-5-8-17;/h3-5,7-10,15H,2,6,11-14H2,1H3,(H2,21,22,23);1H. The molecule has 0 aliphatic rings. The molecule has 0 aliphatic heterocycles. The first kappa shape index (κ1) is 22.5. The number of halogens is 2. The van der Waals surface area contributed by atoms with Crippen molar-refractivity contribution in [3.05, 3.63) is 59.4 Å². The number of rotatable bonds is 9. The maximum atomic E-state index is 5.79. The number of ether oxygens (including phenoxy) is 1. The molecular formula is C19H26ClIN4O. The Kier molecular flexibility index (Phi) is 11.8. The van der Waals surface area contributed by atoms with E-state index in [9.17, 15) is 0 Å². The van der Waals surface area contributed by atoms with E-state index >= 15 is 0 Å². The first-order chi connectivity index (χ1) is 12.3. The number of nitrogens with zero attached hydrogens (tertiary/aromatic N) is 2. The number of hydrogen-bond donors (Lipinski definition) is 2. The zero-order chi connectivity index (χ0) is 17.7. The maximum absolute atomic E-state index is 5.79. The van der Waals surface area contributed by atoms with Crippen LogP contribution in [0.2, 0.25) is 5.15 Å². The number of nitrogens with one attached hydrogen (secondary N) is 2. The van der Waals surface area contributed by atoms with E-state index in [-0.39, 0.29) is 24.0 Å². The molecule has 0 unspecified atom stereocenters. The Balaban J connectivity index is 0.00000338. The Bertz CT molecular complexity index is 638. The highest BCUT2D eigenvalue weighted by Crippen LogP contribution is 2.08. The quantitative estimate of drug-likeness (QED) is 0.185. The number of hydrogen-bond acceptors (Lipinski definition) is 3. The van der Waals surface area contributed by atoms with E-state index in [4.69, 9.17) is 16.3 Å². The largest absolute Gasteiger partial charge is 0.494 e. The van der Waals surface area contributed by atoms with Crippen LogP contribution in [0.4, 0.5) is 0 Å². The number of para-hydroxylation sites is 1. The smallest absolute Gasteiger partial charge is 0.191 e. The summed E-state index contributed by atoms with van der Waals surface area (Å²) in [5.74, 6) is 1.72. The molecule has 26 heavy (non-hydrogen) atoms. The van der Waals surface area contributed by atoms with Gasteiger partial charge in [0.05, 0.1) is 6.61 Å². The van der Waals surface area contributed by atoms with E-state index in [0.29, 0.717) is 18.3 Å². The van der Waals surface area contributed by atoms with Crippen molar-refractivity contribution in [3.8, 4) is 5.75 Å². The summed E-state index contributed by atoms with van der Waals surface area (Å²) in [7, 11) is 0. The van der Waals surface area contributed by atoms with Crippen molar-refractivity contribution in [2.45, 2.75) is 19.8 Å². The molecule has 0 bridgehead atoms. The van der Waals surface area contributed by atoms with Crippen molar-refractivity contribution >= 4 is 41.5 Å². The van der Waals surface area contributed by atoms with Gasteiger partial charge >= 0.3 is 0 Å². The second-order valence-corrected chi connectivity index (χ2v) is 5.83. The summed E-state index contributed by atoms with van der Waals surface area (Å²) in [6, 6.07) is 13.6. The summed E-state index contributed by atoms with van der Waals surface area (Å²) < 4.78 is 5.67. The lowest BCUT2D eigenvalue weighted by Gasteiger charge is -2.11. The van der Waals surface area contributed by atoms with Gasteiger partial charge in [0.15, 0.2) is 5.96 Å². The van der Waals surface area contributed by atoms with E-state index in [1.807, 2.05) is 42.5 Å². The summed E-state index contributed by atoms with van der Waals surface area (Å²) in [4.78, 5) is 8.65. The summed E-state index contributed by atoms with van der Waals surface area (Å²) in [6.07, 6.45) is 3.53. The van der Waals surface area contributed by atoms with Crippen LogP contribution < -0.4 is 15.4 Å². The normalized spacial score (nSPS) is 10.8. The third-order valence-corrected chi connectivity index (χ3v) is 3.65. The van der Waals surface area contributed by atoms with Crippen LogP contribution in [0, 0.1) is 0 Å². The van der Waals surface area contributed by atoms with Gasteiger partial charge in [-0.3, -0.25) is 4.99 Å². The van der Waals surface area contributed by atoms with Crippen molar-refractivity contribution in [3.63, 3.8) is 0 Å². The monoisotopic (exact) mass is 488 g/mol. The van der Waals surface area contributed by atoms with E-state index < -0.39 is 0 Å². The molecule has 2 rings (SSSR count). The molecule has 0 saturated carbocycles. The fraction of sp³-hybridized carbons (Fsp3) is 0.368. The zero-order valence-corrected chi connectivity index (χ0v) is 18.0. The van der Waals surface area contributed by atoms with Gasteiger partial charge < -0.3 is 15.4 Å². The molecule has 1 aromatic carbocycles. The Morgan fingerprint density at radius 2 is 1.96 bits per heavy atom. The molecule has 2 N–H and O–H groups in total. The van der Waals surface area contributed by atoms with E-state index in [1.165, 1.54) is 0 Å². The van der Waals surface area contributed by atoms with Crippen LogP contribution in [0.3, 0.4) is 0 Å². The third-order valence-electron chi connectivity index (χ3n) is 3.42. The summed E-state index contributed by atoms with van der Waals surface area (Å²) in [5, 5.41) is 7.10. The highest BCUT2D eigenvalue weighted by atomic mass is 127. The van der Waals surface area contributed by atoms with Crippen LogP contribution >= 0.6 is 35.6 Å². The Hall–Kier alpha value is -1.54. The molecule has 0 saturated heterocycles. The van der Waals surface area contributed by atoms with Crippen LogP contribution in [0.5, 0.6) is 5.75 Å². The maximum Gasteiger partial charge on any atom is 0.191 e. The Labute approximate surface area is 177 Å². The first-order valence-corrected chi connectivity index (χ1v) is 8.96. The molecule has 2 aromatic rings. The fourth-order valence-electron chi connectivity index (χ4n) is 2.18. The SMILES string of the molecule is CCNC(=NCCCOc1ccccc1)NCCc1ccc(Cl)nc1.I. The van der Waals surface area contributed by atoms with Crippen LogP contribution in [0.1, 0.15) is 18.9 Å². The van der Waals surface area contributed by atoms with Crippen LogP contribution in [0.25, 0.3) is 0 Å². The highest BCUT2D eigenvalue weighted by Gasteiger charge is 1.99. The van der Waals surface area contributed by atoms with Crippen molar-refractivity contribution in [1.82, 2.24) is 15.6 Å². The van der Waals surface area contributed by atoms with Gasteiger partial charge in [-0.1, -0.05) is 35.9 Å². The predicted molar refractivity (Wildman–Crippen MR) is 119 cm³/mol. The molecule has 0 amide bonds. The molecule has 1 aromatic heterocycles. The molecule has 5 nitrogen and oxygen atoms in total. The molecular weight excluding hydrogens is 463 g/mol. The van der Waals surface area contributed by atoms with E-state index in [1.54, 1.807) is 6.20 Å². The number of benzene rings is 1. The van der Waals surface area contributed by atoms with Gasteiger partial charge in [-0.05, 0) is 37.1 Å². The van der Waals surface area contributed by atoms with Crippen molar-refractivity contribution < 1.29 is 4.74 Å². The average molecular weight is 489 g/mol. The van der Waals surface area contributed by atoms with Crippen molar-refractivity contribution in [2.24, 2.45) is 4.99 Å². The third kappa shape index (κ3) is 9.24. The first-order valence-electron chi connectivity index (χ1n) is 8.58. The van der Waals surface area contributed by atoms with Crippen molar-refractivity contribution in [1.29, 1.82) is 0 Å².